The van der Waals surface area contributed by atoms with Crippen molar-refractivity contribution >= 4 is 11.9 Å². The van der Waals surface area contributed by atoms with E-state index in [1.54, 1.807) is 6.92 Å². The van der Waals surface area contributed by atoms with Gasteiger partial charge in [-0.25, -0.2) is 4.79 Å². The van der Waals surface area contributed by atoms with Crippen molar-refractivity contribution in [3.05, 3.63) is 0 Å². The van der Waals surface area contributed by atoms with Crippen LogP contribution in [0.15, 0.2) is 0 Å². The molecule has 5 heteroatoms. The molecule has 1 unspecified atom stereocenters. The second-order valence-electron chi connectivity index (χ2n) is 4.04. The number of carbonyl (C=O) groups excluding carboxylic acids is 1. The van der Waals surface area contributed by atoms with Gasteiger partial charge in [-0.05, 0) is 6.42 Å². The molecule has 0 aliphatic carbocycles. The second-order valence-corrected chi connectivity index (χ2v) is 4.04. The molecule has 1 aliphatic rings. The van der Waals surface area contributed by atoms with Crippen LogP contribution in [-0.2, 0) is 9.59 Å². The van der Waals surface area contributed by atoms with Gasteiger partial charge in [-0.2, -0.15) is 0 Å². The second kappa shape index (κ2) is 4.61. The number of aliphatic hydroxyl groups is 1. The Hall–Kier alpha value is -1.10. The number of amides is 1. The third-order valence-electron chi connectivity index (χ3n) is 2.88. The Morgan fingerprint density at radius 3 is 2.60 bits per heavy atom. The number of carboxylic acid groups (broad SMARTS) is 1. The van der Waals surface area contributed by atoms with Crippen LogP contribution >= 0.6 is 0 Å². The molecule has 1 fully saturated rings. The van der Waals surface area contributed by atoms with Gasteiger partial charge in [-0.1, -0.05) is 13.8 Å². The standard InChI is InChI=1S/C10H17NO4/c1-3-6(2)9(13)11-5-7(12)4-8(11)10(14)15/h6-8,12H,3-5H2,1-2H3,(H,14,15)/t6?,7-,8-/m0/s1. The average molecular weight is 215 g/mol. The minimum absolute atomic E-state index is 0.136. The van der Waals surface area contributed by atoms with E-state index < -0.39 is 18.1 Å². The van der Waals surface area contributed by atoms with E-state index in [0.29, 0.717) is 6.42 Å². The highest BCUT2D eigenvalue weighted by Gasteiger charge is 2.39. The lowest BCUT2D eigenvalue weighted by atomic mass is 10.1. The van der Waals surface area contributed by atoms with Crippen LogP contribution in [0.5, 0.6) is 0 Å². The zero-order valence-electron chi connectivity index (χ0n) is 9.01. The molecule has 0 radical (unpaired) electrons. The zero-order chi connectivity index (χ0) is 11.6. The van der Waals surface area contributed by atoms with Crippen molar-refractivity contribution < 1.29 is 19.8 Å². The number of likely N-dealkylation sites (tertiary alicyclic amines) is 1. The molecule has 1 heterocycles. The first-order valence-corrected chi connectivity index (χ1v) is 5.18. The number of aliphatic carboxylic acids is 1. The van der Waals surface area contributed by atoms with Crippen LogP contribution in [0, 0.1) is 5.92 Å². The molecule has 1 rings (SSSR count). The van der Waals surface area contributed by atoms with Crippen LogP contribution in [0.3, 0.4) is 0 Å². The van der Waals surface area contributed by atoms with Crippen molar-refractivity contribution in [3.63, 3.8) is 0 Å². The molecule has 0 bridgehead atoms. The van der Waals surface area contributed by atoms with Gasteiger partial charge in [0.25, 0.3) is 0 Å². The molecular weight excluding hydrogens is 198 g/mol. The Labute approximate surface area is 88.7 Å². The SMILES string of the molecule is CCC(C)C(=O)N1C[C@@H](O)C[C@H]1C(=O)O. The van der Waals surface area contributed by atoms with Crippen molar-refractivity contribution in [1.29, 1.82) is 0 Å². The summed E-state index contributed by atoms with van der Waals surface area (Å²) in [5.41, 5.74) is 0. The summed E-state index contributed by atoms with van der Waals surface area (Å²) in [4.78, 5) is 23.9. The summed E-state index contributed by atoms with van der Waals surface area (Å²) < 4.78 is 0. The first-order chi connectivity index (χ1) is 6.97. The van der Waals surface area contributed by atoms with Crippen LogP contribution in [0.4, 0.5) is 0 Å². The Bertz CT molecular complexity index is 266. The van der Waals surface area contributed by atoms with Gasteiger partial charge in [0.2, 0.25) is 5.91 Å². The molecule has 5 nitrogen and oxygen atoms in total. The molecule has 1 aliphatic heterocycles. The molecule has 0 spiro atoms. The van der Waals surface area contributed by atoms with Crippen molar-refractivity contribution in [2.45, 2.75) is 38.8 Å². The molecule has 2 N–H and O–H groups in total. The Morgan fingerprint density at radius 2 is 2.13 bits per heavy atom. The van der Waals surface area contributed by atoms with E-state index in [4.69, 9.17) is 5.11 Å². The van der Waals surface area contributed by atoms with Crippen molar-refractivity contribution in [3.8, 4) is 0 Å². The third kappa shape index (κ3) is 2.47. The number of β-amino-alcohol motifs (C(OH)–C–C–N with tert-alkyl or cyclic N) is 1. The van der Waals surface area contributed by atoms with E-state index in [1.807, 2.05) is 6.92 Å². The van der Waals surface area contributed by atoms with Gasteiger partial charge in [0.05, 0.1) is 6.10 Å². The van der Waals surface area contributed by atoms with Gasteiger partial charge in [-0.3, -0.25) is 4.79 Å². The van der Waals surface area contributed by atoms with E-state index >= 15 is 0 Å². The van der Waals surface area contributed by atoms with Crippen LogP contribution in [0.25, 0.3) is 0 Å². The minimum atomic E-state index is -1.04. The Morgan fingerprint density at radius 1 is 1.53 bits per heavy atom. The van der Waals surface area contributed by atoms with Crippen LogP contribution < -0.4 is 0 Å². The highest BCUT2D eigenvalue weighted by atomic mass is 16.4. The van der Waals surface area contributed by atoms with Crippen molar-refractivity contribution in [2.24, 2.45) is 5.92 Å². The zero-order valence-corrected chi connectivity index (χ0v) is 9.01. The van der Waals surface area contributed by atoms with Gasteiger partial charge in [0, 0.05) is 18.9 Å². The van der Waals surface area contributed by atoms with Crippen LogP contribution in [0.1, 0.15) is 26.7 Å². The molecule has 0 aromatic rings. The number of nitrogens with zero attached hydrogens (tertiary/aromatic N) is 1. The first-order valence-electron chi connectivity index (χ1n) is 5.18. The molecule has 1 saturated heterocycles. The lowest BCUT2D eigenvalue weighted by Gasteiger charge is -2.24. The number of carbonyl (C=O) groups is 2. The maximum absolute atomic E-state index is 11.8. The number of rotatable bonds is 3. The molecule has 15 heavy (non-hydrogen) atoms. The molecule has 0 saturated carbocycles. The highest BCUT2D eigenvalue weighted by molar-refractivity contribution is 5.85. The first kappa shape index (κ1) is 12.0. The third-order valence-corrected chi connectivity index (χ3v) is 2.88. The van der Waals surface area contributed by atoms with E-state index in [9.17, 15) is 14.7 Å². The fraction of sp³-hybridized carbons (Fsp3) is 0.800. The van der Waals surface area contributed by atoms with E-state index in [-0.39, 0.29) is 24.8 Å². The fourth-order valence-electron chi connectivity index (χ4n) is 1.75. The normalized spacial score (nSPS) is 27.8. The quantitative estimate of drug-likeness (QED) is 0.698. The van der Waals surface area contributed by atoms with Gasteiger partial charge in [-0.15, -0.1) is 0 Å². The van der Waals surface area contributed by atoms with Gasteiger partial charge >= 0.3 is 5.97 Å². The lowest BCUT2D eigenvalue weighted by molar-refractivity contribution is -0.149. The van der Waals surface area contributed by atoms with E-state index in [1.165, 1.54) is 4.90 Å². The lowest BCUT2D eigenvalue weighted by Crippen LogP contribution is -2.43. The maximum atomic E-state index is 11.8. The van der Waals surface area contributed by atoms with Crippen LogP contribution in [0.2, 0.25) is 0 Å². The molecule has 0 aromatic carbocycles. The molecule has 86 valence electrons. The Kier molecular flexibility index (Phi) is 3.68. The monoisotopic (exact) mass is 215 g/mol. The summed E-state index contributed by atoms with van der Waals surface area (Å²) in [5, 5.41) is 18.3. The molecular formula is C10H17NO4. The molecule has 1 amide bonds. The number of aliphatic hydroxyl groups excluding tert-OH is 1. The van der Waals surface area contributed by atoms with E-state index in [0.717, 1.165) is 0 Å². The van der Waals surface area contributed by atoms with Crippen molar-refractivity contribution in [2.75, 3.05) is 6.54 Å². The summed E-state index contributed by atoms with van der Waals surface area (Å²) >= 11 is 0. The maximum Gasteiger partial charge on any atom is 0.326 e. The summed E-state index contributed by atoms with van der Waals surface area (Å²) in [6.45, 7) is 3.79. The van der Waals surface area contributed by atoms with Gasteiger partial charge in [0.1, 0.15) is 6.04 Å². The Balaban J connectivity index is 2.75. The number of hydrogen-bond donors (Lipinski definition) is 2. The highest BCUT2D eigenvalue weighted by Crippen LogP contribution is 2.21. The van der Waals surface area contributed by atoms with E-state index in [2.05, 4.69) is 0 Å². The predicted molar refractivity (Wildman–Crippen MR) is 53.2 cm³/mol. The molecule has 0 aromatic heterocycles. The summed E-state index contributed by atoms with van der Waals surface area (Å²) in [7, 11) is 0. The largest absolute Gasteiger partial charge is 0.480 e. The topological polar surface area (TPSA) is 77.8 Å². The molecule has 3 atom stereocenters. The number of carboxylic acids is 1. The summed E-state index contributed by atoms with van der Waals surface area (Å²) in [6.07, 6.45) is 0.106. The average Bonchev–Trinajstić information content (AvgIpc) is 2.58. The summed E-state index contributed by atoms with van der Waals surface area (Å²) in [6, 6.07) is -0.860. The number of hydrogen-bond acceptors (Lipinski definition) is 3. The smallest absolute Gasteiger partial charge is 0.326 e. The minimum Gasteiger partial charge on any atom is -0.480 e. The van der Waals surface area contributed by atoms with Crippen LogP contribution in [-0.4, -0.2) is 45.7 Å². The van der Waals surface area contributed by atoms with Crippen molar-refractivity contribution in [1.82, 2.24) is 4.90 Å². The fourth-order valence-corrected chi connectivity index (χ4v) is 1.75. The predicted octanol–water partition coefficient (Wildman–Crippen LogP) is 0.0789. The van der Waals surface area contributed by atoms with Gasteiger partial charge in [0.15, 0.2) is 0 Å². The van der Waals surface area contributed by atoms with Gasteiger partial charge < -0.3 is 15.1 Å². The summed E-state index contributed by atoms with van der Waals surface area (Å²) in [5.74, 6) is -1.40.